The van der Waals surface area contributed by atoms with Crippen LogP contribution in [0.15, 0.2) is 42.5 Å². The van der Waals surface area contributed by atoms with Crippen molar-refractivity contribution in [1.82, 2.24) is 0 Å². The van der Waals surface area contributed by atoms with Gasteiger partial charge in [0.05, 0.1) is 0 Å². The third-order valence-corrected chi connectivity index (χ3v) is 4.29. The average molecular weight is 286 g/mol. The van der Waals surface area contributed by atoms with Crippen molar-refractivity contribution >= 4 is 17.5 Å². The number of hydrogen-bond donors (Lipinski definition) is 1. The molecule has 0 saturated carbocycles. The second-order valence-electron chi connectivity index (χ2n) is 4.82. The predicted octanol–water partition coefficient (Wildman–Crippen LogP) is 4.34. The van der Waals surface area contributed by atoms with Gasteiger partial charge in [-0.2, -0.15) is 11.8 Å². The van der Waals surface area contributed by atoms with E-state index < -0.39 is 0 Å². The molecule has 2 aromatic rings. The van der Waals surface area contributed by atoms with Crippen molar-refractivity contribution in [2.24, 2.45) is 0 Å². The molecule has 3 heteroatoms. The minimum absolute atomic E-state index is 0.0233. The average Bonchev–Trinajstić information content (AvgIpc) is 2.42. The zero-order valence-corrected chi connectivity index (χ0v) is 12.5. The fourth-order valence-corrected chi connectivity index (χ4v) is 3.06. The first-order chi connectivity index (χ1) is 9.58. The molecule has 2 nitrogen and oxygen atoms in total. The van der Waals surface area contributed by atoms with Crippen LogP contribution in [0.3, 0.4) is 0 Å². The highest BCUT2D eigenvalue weighted by Gasteiger charge is 2.06. The van der Waals surface area contributed by atoms with Crippen LogP contribution < -0.4 is 0 Å². The Kier molecular flexibility index (Phi) is 4.85. The summed E-state index contributed by atoms with van der Waals surface area (Å²) in [5, 5.41) is 9.84. The third kappa shape index (κ3) is 3.64. The molecule has 104 valence electrons. The minimum atomic E-state index is 0.0233. The molecule has 0 aromatic heterocycles. The number of aryl methyl sites for hydroxylation is 1. The van der Waals surface area contributed by atoms with Crippen LogP contribution in [0, 0.1) is 6.92 Å². The maximum Gasteiger partial charge on any atom is 0.159 e. The Bertz CT molecular complexity index is 620. The lowest BCUT2D eigenvalue weighted by Gasteiger charge is -2.08. The summed E-state index contributed by atoms with van der Waals surface area (Å²) in [7, 11) is 0. The van der Waals surface area contributed by atoms with Crippen LogP contribution in [0.4, 0.5) is 0 Å². The van der Waals surface area contributed by atoms with Gasteiger partial charge in [0.2, 0.25) is 0 Å². The molecular formula is C17H18O2S. The van der Waals surface area contributed by atoms with Crippen molar-refractivity contribution in [3.8, 4) is 5.75 Å². The van der Waals surface area contributed by atoms with Crippen LogP contribution in [-0.2, 0) is 11.5 Å². The maximum absolute atomic E-state index is 11.4. The van der Waals surface area contributed by atoms with Gasteiger partial charge in [-0.3, -0.25) is 4.79 Å². The molecule has 0 bridgehead atoms. The van der Waals surface area contributed by atoms with Gasteiger partial charge in [-0.25, -0.2) is 0 Å². The summed E-state index contributed by atoms with van der Waals surface area (Å²) in [5.41, 5.74) is 4.05. The van der Waals surface area contributed by atoms with Crippen molar-refractivity contribution in [1.29, 1.82) is 0 Å². The molecule has 0 aliphatic carbocycles. The highest BCUT2D eigenvalue weighted by Crippen LogP contribution is 2.26. The number of aromatic hydroxyl groups is 1. The second kappa shape index (κ2) is 6.62. The van der Waals surface area contributed by atoms with Crippen molar-refractivity contribution in [3.63, 3.8) is 0 Å². The van der Waals surface area contributed by atoms with Crippen LogP contribution in [0.25, 0.3) is 0 Å². The van der Waals surface area contributed by atoms with Crippen LogP contribution in [0.5, 0.6) is 5.75 Å². The van der Waals surface area contributed by atoms with Gasteiger partial charge in [-0.05, 0) is 43.2 Å². The van der Waals surface area contributed by atoms with Gasteiger partial charge in [-0.1, -0.05) is 24.3 Å². The third-order valence-electron chi connectivity index (χ3n) is 3.26. The molecule has 0 fully saturated rings. The Balaban J connectivity index is 2.02. The van der Waals surface area contributed by atoms with E-state index in [1.807, 2.05) is 12.1 Å². The van der Waals surface area contributed by atoms with Gasteiger partial charge >= 0.3 is 0 Å². The molecule has 0 saturated heterocycles. The fraction of sp³-hybridized carbons (Fsp3) is 0.235. The van der Waals surface area contributed by atoms with Gasteiger partial charge < -0.3 is 5.11 Å². The summed E-state index contributed by atoms with van der Waals surface area (Å²) in [4.78, 5) is 11.4. The van der Waals surface area contributed by atoms with Gasteiger partial charge in [0, 0.05) is 22.6 Å². The molecule has 0 amide bonds. The molecule has 1 N–H and O–H groups in total. The summed E-state index contributed by atoms with van der Waals surface area (Å²) in [6.45, 7) is 3.64. The molecule has 0 unspecified atom stereocenters. The van der Waals surface area contributed by atoms with E-state index in [1.54, 1.807) is 30.0 Å². The number of carbonyl (C=O) groups excluding carboxylic acids is 1. The Morgan fingerprint density at radius 2 is 1.80 bits per heavy atom. The van der Waals surface area contributed by atoms with Gasteiger partial charge in [0.1, 0.15) is 5.75 Å². The Hall–Kier alpha value is -1.74. The molecule has 0 heterocycles. The topological polar surface area (TPSA) is 37.3 Å². The number of rotatable bonds is 5. The van der Waals surface area contributed by atoms with Crippen LogP contribution in [-0.4, -0.2) is 10.9 Å². The van der Waals surface area contributed by atoms with E-state index in [0.29, 0.717) is 11.3 Å². The summed E-state index contributed by atoms with van der Waals surface area (Å²) >= 11 is 1.74. The Morgan fingerprint density at radius 3 is 2.50 bits per heavy atom. The Morgan fingerprint density at radius 1 is 1.10 bits per heavy atom. The van der Waals surface area contributed by atoms with Gasteiger partial charge in [-0.15, -0.1) is 0 Å². The molecule has 0 aliphatic heterocycles. The number of hydrogen-bond acceptors (Lipinski definition) is 3. The fourth-order valence-electron chi connectivity index (χ4n) is 1.96. The number of carbonyl (C=O) groups is 1. The smallest absolute Gasteiger partial charge is 0.159 e. The zero-order valence-electron chi connectivity index (χ0n) is 11.7. The van der Waals surface area contributed by atoms with E-state index in [-0.39, 0.29) is 11.5 Å². The molecule has 2 aromatic carbocycles. The quantitative estimate of drug-likeness (QED) is 0.831. The first-order valence-corrected chi connectivity index (χ1v) is 7.68. The highest BCUT2D eigenvalue weighted by molar-refractivity contribution is 7.97. The summed E-state index contributed by atoms with van der Waals surface area (Å²) in [5.74, 6) is 1.87. The highest BCUT2D eigenvalue weighted by atomic mass is 32.2. The van der Waals surface area contributed by atoms with Crippen molar-refractivity contribution in [3.05, 3.63) is 64.7 Å². The number of phenols is 1. The van der Waals surface area contributed by atoms with Crippen molar-refractivity contribution < 1.29 is 9.90 Å². The molecule has 0 aliphatic rings. The summed E-state index contributed by atoms with van der Waals surface area (Å²) in [6.07, 6.45) is 0. The lowest BCUT2D eigenvalue weighted by Crippen LogP contribution is -1.94. The molecule has 0 radical (unpaired) electrons. The standard InChI is InChI=1S/C17H18O2S/c1-12-5-3-4-6-15(12)10-20-11-16-9-14(13(2)18)7-8-17(16)19/h3-9,19H,10-11H2,1-2H3. The van der Waals surface area contributed by atoms with E-state index in [4.69, 9.17) is 0 Å². The first-order valence-electron chi connectivity index (χ1n) is 6.53. The lowest BCUT2D eigenvalue weighted by molar-refractivity contribution is 0.101. The molecule has 20 heavy (non-hydrogen) atoms. The number of phenolic OH excluding ortho intramolecular Hbond substituents is 1. The number of Topliss-reactive ketones (excluding diaryl/α,β-unsaturated/α-hetero) is 1. The van der Waals surface area contributed by atoms with Crippen LogP contribution in [0.1, 0.15) is 34.0 Å². The molecular weight excluding hydrogens is 268 g/mol. The SMILES string of the molecule is CC(=O)c1ccc(O)c(CSCc2ccccc2C)c1. The van der Waals surface area contributed by atoms with Gasteiger partial charge in [0.25, 0.3) is 0 Å². The Labute approximate surface area is 123 Å². The van der Waals surface area contributed by atoms with E-state index in [2.05, 4.69) is 19.1 Å². The first kappa shape index (κ1) is 14.7. The van der Waals surface area contributed by atoms with Crippen LogP contribution in [0.2, 0.25) is 0 Å². The molecule has 2 rings (SSSR count). The van der Waals surface area contributed by atoms with Gasteiger partial charge in [0.15, 0.2) is 5.78 Å². The van der Waals surface area contributed by atoms with Crippen molar-refractivity contribution in [2.45, 2.75) is 25.4 Å². The lowest BCUT2D eigenvalue weighted by atomic mass is 10.1. The predicted molar refractivity (Wildman–Crippen MR) is 84.3 cm³/mol. The normalized spacial score (nSPS) is 10.5. The monoisotopic (exact) mass is 286 g/mol. The zero-order chi connectivity index (χ0) is 14.5. The second-order valence-corrected chi connectivity index (χ2v) is 5.80. The summed E-state index contributed by atoms with van der Waals surface area (Å²) < 4.78 is 0. The number of thioether (sulfide) groups is 1. The molecule has 0 atom stereocenters. The summed E-state index contributed by atoms with van der Waals surface area (Å²) in [6, 6.07) is 13.3. The minimum Gasteiger partial charge on any atom is -0.508 e. The maximum atomic E-state index is 11.4. The van der Waals surface area contributed by atoms with E-state index >= 15 is 0 Å². The number of ketones is 1. The van der Waals surface area contributed by atoms with E-state index in [9.17, 15) is 9.90 Å². The molecule has 0 spiro atoms. The van der Waals surface area contributed by atoms with E-state index in [1.165, 1.54) is 18.1 Å². The number of benzene rings is 2. The van der Waals surface area contributed by atoms with Crippen molar-refractivity contribution in [2.75, 3.05) is 0 Å². The van der Waals surface area contributed by atoms with E-state index in [0.717, 1.165) is 11.3 Å². The van der Waals surface area contributed by atoms with Crippen LogP contribution >= 0.6 is 11.8 Å². The largest absolute Gasteiger partial charge is 0.508 e.